The minimum absolute atomic E-state index is 0.000621. The van der Waals surface area contributed by atoms with Crippen molar-refractivity contribution in [2.75, 3.05) is 20.6 Å². The van der Waals surface area contributed by atoms with E-state index in [0.717, 1.165) is 5.56 Å². The van der Waals surface area contributed by atoms with E-state index in [4.69, 9.17) is 4.74 Å². The van der Waals surface area contributed by atoms with Crippen LogP contribution in [0.2, 0.25) is 0 Å². The smallest absolute Gasteiger partial charge is 0.247 e. The molecule has 0 saturated carbocycles. The van der Waals surface area contributed by atoms with Gasteiger partial charge in [-0.05, 0) is 55.6 Å². The second-order valence-corrected chi connectivity index (χ2v) is 11.2. The standard InChI is InChI=1S/C31H44N4O5/c1-7-20(4)26-30(38)32-18-25(36)22-13-15-23(16-14-22)40-28(19(2)3)27(31(39)33-26)34-29(37)24(35(5)6)17-21-11-9-8-10-12-21/h8-16,19-20,24-28,36H,7,17-18H2,1-6H3,(H,32,38)(H,33,39)(H,34,37)/t20-,24-,25-,26+,27-,28-/m0/s1. The fraction of sp³-hybridized carbons (Fsp3) is 0.516. The van der Waals surface area contributed by atoms with E-state index in [0.29, 0.717) is 24.2 Å². The molecule has 0 saturated heterocycles. The molecule has 4 rings (SSSR count). The number of hydrogen-bond acceptors (Lipinski definition) is 6. The van der Waals surface area contributed by atoms with Gasteiger partial charge in [0.2, 0.25) is 17.7 Å². The number of fused-ring (bicyclic) bond motifs is 11. The van der Waals surface area contributed by atoms with Gasteiger partial charge in [-0.2, -0.15) is 0 Å². The molecule has 2 aromatic carbocycles. The molecule has 2 bridgehead atoms. The van der Waals surface area contributed by atoms with Gasteiger partial charge in [-0.1, -0.05) is 76.6 Å². The molecule has 4 N–H and O–H groups in total. The van der Waals surface area contributed by atoms with E-state index >= 15 is 0 Å². The monoisotopic (exact) mass is 552 g/mol. The zero-order valence-corrected chi connectivity index (χ0v) is 24.4. The van der Waals surface area contributed by atoms with Crippen LogP contribution in [0.5, 0.6) is 5.75 Å². The van der Waals surface area contributed by atoms with Crippen LogP contribution in [0.1, 0.15) is 51.3 Å². The zero-order valence-electron chi connectivity index (χ0n) is 24.4. The fourth-order valence-electron chi connectivity index (χ4n) is 4.78. The van der Waals surface area contributed by atoms with Gasteiger partial charge in [0.15, 0.2) is 0 Å². The number of rotatable bonds is 8. The van der Waals surface area contributed by atoms with Gasteiger partial charge in [0, 0.05) is 6.54 Å². The number of carbonyl (C=O) groups excluding carboxylic acids is 3. The second kappa shape index (κ2) is 14.3. The van der Waals surface area contributed by atoms with E-state index in [2.05, 4.69) is 16.0 Å². The summed E-state index contributed by atoms with van der Waals surface area (Å²) in [7, 11) is 3.66. The molecule has 0 fully saturated rings. The molecule has 0 aromatic heterocycles. The average Bonchev–Trinajstić information content (AvgIpc) is 2.94. The Labute approximate surface area is 237 Å². The summed E-state index contributed by atoms with van der Waals surface area (Å²) in [5.74, 6) is -1.05. The quantitative estimate of drug-likeness (QED) is 0.399. The summed E-state index contributed by atoms with van der Waals surface area (Å²) in [6.45, 7) is 7.67. The fourth-order valence-corrected chi connectivity index (χ4v) is 4.78. The van der Waals surface area contributed by atoms with Gasteiger partial charge in [0.05, 0.1) is 12.1 Å². The lowest BCUT2D eigenvalue weighted by Gasteiger charge is -2.34. The van der Waals surface area contributed by atoms with E-state index in [-0.39, 0.29) is 24.3 Å². The van der Waals surface area contributed by atoms with Crippen LogP contribution in [0, 0.1) is 11.8 Å². The predicted octanol–water partition coefficient (Wildman–Crippen LogP) is 2.44. The van der Waals surface area contributed by atoms with Crippen LogP contribution < -0.4 is 20.7 Å². The highest BCUT2D eigenvalue weighted by atomic mass is 16.5. The lowest BCUT2D eigenvalue weighted by atomic mass is 9.94. The maximum atomic E-state index is 13.9. The van der Waals surface area contributed by atoms with Gasteiger partial charge in [0.1, 0.15) is 23.9 Å². The number of benzene rings is 2. The Kier molecular flexibility index (Phi) is 11.1. The number of amides is 3. The minimum atomic E-state index is -1.07. The Morgan fingerprint density at radius 2 is 1.70 bits per heavy atom. The number of carbonyl (C=O) groups is 3. The van der Waals surface area contributed by atoms with Crippen molar-refractivity contribution in [1.82, 2.24) is 20.9 Å². The summed E-state index contributed by atoms with van der Waals surface area (Å²) < 4.78 is 6.33. The van der Waals surface area contributed by atoms with Gasteiger partial charge >= 0.3 is 0 Å². The molecule has 2 aliphatic heterocycles. The first-order chi connectivity index (χ1) is 19.0. The van der Waals surface area contributed by atoms with Crippen LogP contribution in [0.25, 0.3) is 0 Å². The first kappa shape index (κ1) is 31.1. The normalized spacial score (nSPS) is 23.5. The Morgan fingerprint density at radius 1 is 1.05 bits per heavy atom. The SMILES string of the molecule is CC[C@H](C)[C@H]1NC(=O)[C@@H](NC(=O)[C@H](Cc2ccccc2)N(C)C)[C@H](C(C)C)Oc2ccc(cc2)[C@@H](O)CNC1=O. The lowest BCUT2D eigenvalue weighted by Crippen LogP contribution is -2.62. The number of likely N-dealkylation sites (N-methyl/N-ethyl adjacent to an activating group) is 1. The topological polar surface area (TPSA) is 120 Å². The van der Waals surface area contributed by atoms with Crippen LogP contribution >= 0.6 is 0 Å². The van der Waals surface area contributed by atoms with Crippen LogP contribution in [-0.2, 0) is 20.8 Å². The van der Waals surface area contributed by atoms with E-state index in [1.165, 1.54) is 0 Å². The van der Waals surface area contributed by atoms with Gasteiger partial charge in [0.25, 0.3) is 0 Å². The zero-order chi connectivity index (χ0) is 29.4. The van der Waals surface area contributed by atoms with Crippen molar-refractivity contribution in [3.63, 3.8) is 0 Å². The maximum Gasteiger partial charge on any atom is 0.247 e. The molecule has 2 aromatic rings. The van der Waals surface area contributed by atoms with Crippen molar-refractivity contribution >= 4 is 17.7 Å². The Bertz CT molecular complexity index is 1120. The first-order valence-corrected chi connectivity index (χ1v) is 14.0. The number of nitrogens with zero attached hydrogens (tertiary/aromatic N) is 1. The largest absolute Gasteiger partial charge is 0.487 e. The van der Waals surface area contributed by atoms with Crippen molar-refractivity contribution in [2.45, 2.75) is 70.9 Å². The summed E-state index contributed by atoms with van der Waals surface area (Å²) in [6, 6.07) is 14.2. The van der Waals surface area contributed by atoms with Gasteiger partial charge in [-0.25, -0.2) is 0 Å². The van der Waals surface area contributed by atoms with Crippen molar-refractivity contribution in [2.24, 2.45) is 11.8 Å². The third kappa shape index (κ3) is 8.05. The summed E-state index contributed by atoms with van der Waals surface area (Å²) >= 11 is 0. The van der Waals surface area contributed by atoms with E-state index in [1.54, 1.807) is 24.3 Å². The van der Waals surface area contributed by atoms with Gasteiger partial charge in [-0.15, -0.1) is 0 Å². The van der Waals surface area contributed by atoms with Crippen molar-refractivity contribution in [3.05, 3.63) is 65.7 Å². The van der Waals surface area contributed by atoms with Crippen molar-refractivity contribution in [1.29, 1.82) is 0 Å². The Morgan fingerprint density at radius 3 is 2.27 bits per heavy atom. The molecular formula is C31H44N4O5. The molecule has 6 atom stereocenters. The van der Waals surface area contributed by atoms with Crippen LogP contribution in [0.3, 0.4) is 0 Å². The van der Waals surface area contributed by atoms with Crippen molar-refractivity contribution in [3.8, 4) is 5.75 Å². The number of nitrogens with one attached hydrogen (secondary N) is 3. The summed E-state index contributed by atoms with van der Waals surface area (Å²) in [5.41, 5.74) is 1.63. The van der Waals surface area contributed by atoms with Gasteiger partial charge in [-0.3, -0.25) is 19.3 Å². The van der Waals surface area contributed by atoms with Gasteiger partial charge < -0.3 is 25.8 Å². The third-order valence-electron chi connectivity index (χ3n) is 7.56. The van der Waals surface area contributed by atoms with E-state index in [1.807, 2.05) is 77.0 Å². The average molecular weight is 553 g/mol. The summed E-state index contributed by atoms with van der Waals surface area (Å²) in [4.78, 5) is 42.7. The second-order valence-electron chi connectivity index (χ2n) is 11.2. The molecule has 0 spiro atoms. The molecule has 40 heavy (non-hydrogen) atoms. The molecule has 9 nitrogen and oxygen atoms in total. The molecule has 2 heterocycles. The van der Waals surface area contributed by atoms with Crippen molar-refractivity contribution < 1.29 is 24.2 Å². The lowest BCUT2D eigenvalue weighted by molar-refractivity contribution is -0.136. The van der Waals surface area contributed by atoms with E-state index < -0.39 is 42.1 Å². The number of hydrogen-bond donors (Lipinski definition) is 4. The highest BCUT2D eigenvalue weighted by Gasteiger charge is 2.38. The minimum Gasteiger partial charge on any atom is -0.487 e. The molecule has 218 valence electrons. The Hall–Kier alpha value is -3.43. The number of ether oxygens (including phenoxy) is 1. The first-order valence-electron chi connectivity index (χ1n) is 14.0. The Balaban J connectivity index is 2.00. The predicted molar refractivity (Wildman–Crippen MR) is 155 cm³/mol. The van der Waals surface area contributed by atoms with E-state index in [9.17, 15) is 19.5 Å². The van der Waals surface area contributed by atoms with Crippen LogP contribution in [0.15, 0.2) is 54.6 Å². The molecule has 9 heteroatoms. The molecule has 0 unspecified atom stereocenters. The molecule has 2 aliphatic rings. The molecular weight excluding hydrogens is 508 g/mol. The molecule has 3 amide bonds. The third-order valence-corrected chi connectivity index (χ3v) is 7.56. The van der Waals surface area contributed by atoms with Crippen LogP contribution in [0.4, 0.5) is 0 Å². The maximum absolute atomic E-state index is 13.9. The number of aliphatic hydroxyl groups excluding tert-OH is 1. The summed E-state index contributed by atoms with van der Waals surface area (Å²) in [5, 5.41) is 19.3. The summed E-state index contributed by atoms with van der Waals surface area (Å²) in [6.07, 6.45) is -0.538. The highest BCUT2D eigenvalue weighted by molar-refractivity contribution is 5.93. The molecule has 0 radical (unpaired) electrons. The number of aliphatic hydroxyl groups is 1. The highest BCUT2D eigenvalue weighted by Crippen LogP contribution is 2.23. The molecule has 0 aliphatic carbocycles. The van der Waals surface area contributed by atoms with Crippen LogP contribution in [-0.4, -0.2) is 72.6 Å².